The van der Waals surface area contributed by atoms with Crippen molar-refractivity contribution < 1.29 is 5.11 Å². The van der Waals surface area contributed by atoms with Crippen molar-refractivity contribution in [3.63, 3.8) is 0 Å². The van der Waals surface area contributed by atoms with Crippen LogP contribution in [0.2, 0.25) is 0 Å². The van der Waals surface area contributed by atoms with Gasteiger partial charge in [-0.3, -0.25) is 4.98 Å². The molecule has 1 saturated heterocycles. The summed E-state index contributed by atoms with van der Waals surface area (Å²) in [6.45, 7) is 5.80. The number of aliphatic hydroxyl groups is 1. The van der Waals surface area contributed by atoms with Crippen molar-refractivity contribution in [2.75, 3.05) is 6.54 Å². The molecular formula is C26H30N4O. The molecule has 160 valence electrons. The van der Waals surface area contributed by atoms with E-state index in [0.717, 1.165) is 42.6 Å². The lowest BCUT2D eigenvalue weighted by Gasteiger charge is -2.40. The van der Waals surface area contributed by atoms with E-state index >= 15 is 0 Å². The third kappa shape index (κ3) is 4.56. The average Bonchev–Trinajstić information content (AvgIpc) is 2.80. The zero-order valence-electron chi connectivity index (χ0n) is 18.3. The number of hydrogen-bond donors (Lipinski definition) is 2. The van der Waals surface area contributed by atoms with E-state index < -0.39 is 0 Å². The number of piperidine rings is 1. The Hall–Kier alpha value is -2.94. The third-order valence-electron chi connectivity index (χ3n) is 6.40. The Morgan fingerprint density at radius 3 is 2.81 bits per heavy atom. The highest BCUT2D eigenvalue weighted by Crippen LogP contribution is 2.33. The fourth-order valence-electron chi connectivity index (χ4n) is 4.87. The van der Waals surface area contributed by atoms with Gasteiger partial charge in [0.15, 0.2) is 0 Å². The Morgan fingerprint density at radius 2 is 2.03 bits per heavy atom. The monoisotopic (exact) mass is 414 g/mol. The van der Waals surface area contributed by atoms with Gasteiger partial charge in [0.2, 0.25) is 0 Å². The van der Waals surface area contributed by atoms with Crippen molar-refractivity contribution in [3.8, 4) is 6.07 Å². The van der Waals surface area contributed by atoms with Crippen molar-refractivity contribution in [1.29, 1.82) is 5.26 Å². The first-order valence-corrected chi connectivity index (χ1v) is 11.0. The highest BCUT2D eigenvalue weighted by Gasteiger charge is 2.30. The molecule has 0 bridgehead atoms. The zero-order chi connectivity index (χ0) is 21.8. The van der Waals surface area contributed by atoms with Gasteiger partial charge in [-0.2, -0.15) is 5.26 Å². The molecule has 2 N–H and O–H groups in total. The average molecular weight is 415 g/mol. The van der Waals surface area contributed by atoms with Crippen molar-refractivity contribution in [2.45, 2.75) is 58.3 Å². The van der Waals surface area contributed by atoms with Crippen molar-refractivity contribution >= 4 is 0 Å². The summed E-state index contributed by atoms with van der Waals surface area (Å²) < 4.78 is 0. The van der Waals surface area contributed by atoms with Crippen LogP contribution in [-0.4, -0.2) is 27.6 Å². The van der Waals surface area contributed by atoms with E-state index in [2.05, 4.69) is 53.3 Å². The molecule has 1 fully saturated rings. The number of pyridine rings is 1. The molecule has 0 radical (unpaired) electrons. The van der Waals surface area contributed by atoms with Gasteiger partial charge in [0, 0.05) is 31.0 Å². The number of hydrogen-bond acceptors (Lipinski definition) is 5. The molecule has 2 unspecified atom stereocenters. The predicted octanol–water partition coefficient (Wildman–Crippen LogP) is 4.28. The molecule has 0 saturated carbocycles. The number of aliphatic hydroxyl groups excluding tert-OH is 1. The summed E-state index contributed by atoms with van der Waals surface area (Å²) in [5.41, 5.74) is 7.46. The quantitative estimate of drug-likeness (QED) is 0.764. The number of nitriles is 1. The summed E-state index contributed by atoms with van der Waals surface area (Å²) in [4.78, 5) is 7.07. The second-order valence-corrected chi connectivity index (χ2v) is 8.51. The van der Waals surface area contributed by atoms with Crippen molar-refractivity contribution in [1.82, 2.24) is 15.2 Å². The number of benzene rings is 1. The van der Waals surface area contributed by atoms with Crippen molar-refractivity contribution in [3.05, 3.63) is 87.9 Å². The fourth-order valence-corrected chi connectivity index (χ4v) is 4.87. The van der Waals surface area contributed by atoms with Crippen LogP contribution in [0.25, 0.3) is 0 Å². The Kier molecular flexibility index (Phi) is 6.50. The van der Waals surface area contributed by atoms with Gasteiger partial charge in [-0.1, -0.05) is 24.3 Å². The molecule has 2 aromatic rings. The van der Waals surface area contributed by atoms with Gasteiger partial charge < -0.3 is 15.3 Å². The van der Waals surface area contributed by atoms with Gasteiger partial charge in [0.25, 0.3) is 0 Å². The lowest BCUT2D eigenvalue weighted by molar-refractivity contribution is 0.260. The Balaban J connectivity index is 1.59. The van der Waals surface area contributed by atoms with Crippen LogP contribution in [0.1, 0.15) is 60.2 Å². The molecule has 2 aliphatic heterocycles. The van der Waals surface area contributed by atoms with E-state index in [1.54, 1.807) is 6.07 Å². The maximum Gasteiger partial charge on any atom is 0.0991 e. The molecule has 5 nitrogen and oxygen atoms in total. The number of rotatable bonds is 5. The molecule has 2 atom stereocenters. The fraction of sp³-hybridized carbons (Fsp3) is 0.385. The van der Waals surface area contributed by atoms with Gasteiger partial charge in [0.05, 0.1) is 30.0 Å². The summed E-state index contributed by atoms with van der Waals surface area (Å²) in [5, 5.41) is 22.9. The van der Waals surface area contributed by atoms with Gasteiger partial charge >= 0.3 is 0 Å². The van der Waals surface area contributed by atoms with E-state index in [1.807, 2.05) is 24.4 Å². The first-order chi connectivity index (χ1) is 15.1. The highest BCUT2D eigenvalue weighted by atomic mass is 16.3. The molecule has 3 heterocycles. The second kappa shape index (κ2) is 9.47. The summed E-state index contributed by atoms with van der Waals surface area (Å²) in [6.07, 6.45) is 9.65. The normalized spacial score (nSPS) is 21.3. The molecule has 1 aromatic heterocycles. The Labute approximate surface area is 184 Å². The molecular weight excluding hydrogens is 384 g/mol. The molecule has 0 amide bonds. The number of aromatic nitrogens is 1. The molecule has 0 aliphatic carbocycles. The van der Waals surface area contributed by atoms with Crippen LogP contribution in [0.4, 0.5) is 0 Å². The molecule has 2 aliphatic rings. The van der Waals surface area contributed by atoms with E-state index in [1.165, 1.54) is 16.8 Å². The lowest BCUT2D eigenvalue weighted by Crippen LogP contribution is -2.45. The minimum Gasteiger partial charge on any atom is -0.392 e. The first kappa shape index (κ1) is 21.3. The van der Waals surface area contributed by atoms with Gasteiger partial charge in [-0.25, -0.2) is 0 Å². The second-order valence-electron chi connectivity index (χ2n) is 8.51. The predicted molar refractivity (Wildman–Crippen MR) is 122 cm³/mol. The summed E-state index contributed by atoms with van der Waals surface area (Å²) in [6, 6.07) is 12.4. The molecule has 0 spiro atoms. The molecule has 1 aromatic carbocycles. The van der Waals surface area contributed by atoms with Crippen LogP contribution < -0.4 is 5.32 Å². The third-order valence-corrected chi connectivity index (χ3v) is 6.40. The first-order valence-electron chi connectivity index (χ1n) is 11.0. The smallest absolute Gasteiger partial charge is 0.0991 e. The standard InChI is InChI=1S/C26H30N4O/c1-18-6-4-12-28-25(18)23-8-3-9-24(29-23)26-19(2)7-5-13-30(26)16-21-11-10-20(15-27)14-22(21)17-31/h4-7,10-12,14,23-24,29,31H,3,8-9,13,16-17H2,1-2H3. The van der Waals surface area contributed by atoms with E-state index in [-0.39, 0.29) is 18.7 Å². The Bertz CT molecular complexity index is 1050. The topological polar surface area (TPSA) is 72.2 Å². The SMILES string of the molecule is CC1=C(C2CCCC(c3ncccc3C)N2)N(Cc2ccc(C#N)cc2CO)CC=C1. The molecule has 31 heavy (non-hydrogen) atoms. The number of allylic oxidation sites excluding steroid dienone is 2. The van der Waals surface area contributed by atoms with Crippen LogP contribution in [0.3, 0.4) is 0 Å². The van der Waals surface area contributed by atoms with E-state index in [9.17, 15) is 10.4 Å². The lowest BCUT2D eigenvalue weighted by atomic mass is 9.90. The van der Waals surface area contributed by atoms with Crippen LogP contribution in [0.5, 0.6) is 0 Å². The van der Waals surface area contributed by atoms with E-state index in [0.29, 0.717) is 12.1 Å². The van der Waals surface area contributed by atoms with Gasteiger partial charge in [-0.15, -0.1) is 0 Å². The zero-order valence-corrected chi connectivity index (χ0v) is 18.3. The maximum atomic E-state index is 9.85. The minimum atomic E-state index is -0.0602. The largest absolute Gasteiger partial charge is 0.392 e. The summed E-state index contributed by atoms with van der Waals surface area (Å²) in [5.74, 6) is 0. The van der Waals surface area contributed by atoms with Crippen LogP contribution in [-0.2, 0) is 13.2 Å². The molecule has 5 heteroatoms. The van der Waals surface area contributed by atoms with E-state index in [4.69, 9.17) is 0 Å². The number of nitrogens with zero attached hydrogens (tertiary/aromatic N) is 3. The minimum absolute atomic E-state index is 0.0602. The highest BCUT2D eigenvalue weighted by molar-refractivity contribution is 5.39. The summed E-state index contributed by atoms with van der Waals surface area (Å²) >= 11 is 0. The van der Waals surface area contributed by atoms with Crippen LogP contribution in [0, 0.1) is 18.3 Å². The maximum absolute atomic E-state index is 9.85. The molecule has 4 rings (SSSR count). The van der Waals surface area contributed by atoms with Crippen molar-refractivity contribution in [2.24, 2.45) is 0 Å². The number of nitrogens with one attached hydrogen (secondary N) is 1. The van der Waals surface area contributed by atoms with Gasteiger partial charge in [-0.05, 0) is 73.6 Å². The van der Waals surface area contributed by atoms with Crippen LogP contribution in [0.15, 0.2) is 60.0 Å². The number of aryl methyl sites for hydroxylation is 1. The van der Waals surface area contributed by atoms with Gasteiger partial charge in [0.1, 0.15) is 0 Å². The van der Waals surface area contributed by atoms with Crippen LogP contribution >= 0.6 is 0 Å². The summed E-state index contributed by atoms with van der Waals surface area (Å²) in [7, 11) is 0. The Morgan fingerprint density at radius 1 is 1.19 bits per heavy atom.